The van der Waals surface area contributed by atoms with Gasteiger partial charge in [-0.1, -0.05) is 24.3 Å². The van der Waals surface area contributed by atoms with Gasteiger partial charge < -0.3 is 10.6 Å². The first-order valence-electron chi connectivity index (χ1n) is 8.44. The van der Waals surface area contributed by atoms with Gasteiger partial charge >= 0.3 is 0 Å². The normalized spacial score (nSPS) is 15.8. The largest absolute Gasteiger partial charge is 0.352 e. The average molecular weight is 335 g/mol. The molecule has 3 rings (SSSR count). The maximum absolute atomic E-state index is 12.3. The number of nitrogens with zero attached hydrogens (tertiary/aromatic N) is 1. The van der Waals surface area contributed by atoms with Crippen LogP contribution >= 0.6 is 0 Å². The third-order valence-electron chi connectivity index (χ3n) is 4.18. The molecule has 0 saturated carbocycles. The first-order valence-corrected chi connectivity index (χ1v) is 8.44. The number of pyridine rings is 1. The predicted molar refractivity (Wildman–Crippen MR) is 97.0 cm³/mol. The van der Waals surface area contributed by atoms with Gasteiger partial charge in [-0.25, -0.2) is 0 Å². The molecule has 1 aromatic carbocycles. The van der Waals surface area contributed by atoms with E-state index in [-0.39, 0.29) is 11.8 Å². The van der Waals surface area contributed by atoms with Crippen LogP contribution in [0.5, 0.6) is 0 Å². The van der Waals surface area contributed by atoms with Crippen LogP contribution in [0.25, 0.3) is 0 Å². The maximum Gasteiger partial charge on any atom is 0.255 e. The Balaban J connectivity index is 1.54. The Bertz CT molecular complexity index is 772. The van der Waals surface area contributed by atoms with Crippen LogP contribution in [0.15, 0.2) is 60.9 Å². The summed E-state index contributed by atoms with van der Waals surface area (Å²) in [4.78, 5) is 28.2. The molecule has 1 aliphatic carbocycles. The third kappa shape index (κ3) is 5.01. The summed E-state index contributed by atoms with van der Waals surface area (Å²) in [6, 6.07) is 10.7. The van der Waals surface area contributed by atoms with E-state index in [1.165, 1.54) is 0 Å². The zero-order valence-corrected chi connectivity index (χ0v) is 13.9. The number of aromatic nitrogens is 1. The van der Waals surface area contributed by atoms with Gasteiger partial charge in [0.2, 0.25) is 5.91 Å². The number of allylic oxidation sites excluding steroid dienone is 2. The molecule has 2 N–H and O–H groups in total. The lowest BCUT2D eigenvalue weighted by molar-refractivity contribution is -0.121. The van der Waals surface area contributed by atoms with Crippen molar-refractivity contribution in [1.29, 1.82) is 0 Å². The predicted octanol–water partition coefficient (Wildman–Crippen LogP) is 3.31. The molecule has 0 radical (unpaired) electrons. The lowest BCUT2D eigenvalue weighted by Crippen LogP contribution is -2.24. The molecule has 0 saturated heterocycles. The van der Waals surface area contributed by atoms with Gasteiger partial charge in [-0.15, -0.1) is 0 Å². The molecule has 0 unspecified atom stereocenters. The molecule has 1 atom stereocenters. The van der Waals surface area contributed by atoms with Gasteiger partial charge in [-0.05, 0) is 48.6 Å². The number of amides is 2. The maximum atomic E-state index is 12.3. The topological polar surface area (TPSA) is 71.1 Å². The lowest BCUT2D eigenvalue weighted by atomic mass is 10.0. The second kappa shape index (κ2) is 8.24. The van der Waals surface area contributed by atoms with Crippen LogP contribution < -0.4 is 10.6 Å². The van der Waals surface area contributed by atoms with Crippen LogP contribution in [0.4, 0.5) is 5.69 Å². The van der Waals surface area contributed by atoms with Gasteiger partial charge in [-0.2, -0.15) is 0 Å². The number of rotatable bonds is 6. The van der Waals surface area contributed by atoms with Crippen LogP contribution in [0.3, 0.4) is 0 Å². The van der Waals surface area contributed by atoms with E-state index in [2.05, 4.69) is 27.8 Å². The summed E-state index contributed by atoms with van der Waals surface area (Å²) in [5.41, 5.74) is 2.16. The van der Waals surface area contributed by atoms with Crippen molar-refractivity contribution in [3.05, 3.63) is 72.1 Å². The van der Waals surface area contributed by atoms with E-state index in [1.807, 2.05) is 12.1 Å². The summed E-state index contributed by atoms with van der Waals surface area (Å²) in [7, 11) is 0. The minimum absolute atomic E-state index is 0.0446. The van der Waals surface area contributed by atoms with Gasteiger partial charge in [0.25, 0.3) is 5.91 Å². The van der Waals surface area contributed by atoms with E-state index >= 15 is 0 Å². The highest BCUT2D eigenvalue weighted by molar-refractivity contribution is 6.04. The first kappa shape index (κ1) is 16.9. The van der Waals surface area contributed by atoms with E-state index < -0.39 is 0 Å². The van der Waals surface area contributed by atoms with Gasteiger partial charge in [0.1, 0.15) is 0 Å². The third-order valence-corrected chi connectivity index (χ3v) is 4.18. The fourth-order valence-electron chi connectivity index (χ4n) is 2.84. The molecule has 0 fully saturated rings. The molecule has 0 bridgehead atoms. The second-order valence-electron chi connectivity index (χ2n) is 6.14. The minimum Gasteiger partial charge on any atom is -0.352 e. The number of anilines is 1. The Morgan fingerprint density at radius 3 is 2.76 bits per heavy atom. The summed E-state index contributed by atoms with van der Waals surface area (Å²) >= 11 is 0. The fraction of sp³-hybridized carbons (Fsp3) is 0.250. The minimum atomic E-state index is -0.185. The Morgan fingerprint density at radius 2 is 2.00 bits per heavy atom. The molecule has 0 spiro atoms. The molecule has 2 aromatic rings. The van der Waals surface area contributed by atoms with E-state index in [9.17, 15) is 9.59 Å². The molecule has 1 aromatic heterocycles. The first-order chi connectivity index (χ1) is 12.2. The van der Waals surface area contributed by atoms with Crippen molar-refractivity contribution in [2.24, 2.45) is 5.92 Å². The van der Waals surface area contributed by atoms with Gasteiger partial charge in [0.05, 0.1) is 0 Å². The Labute approximate surface area is 147 Å². The SMILES string of the molecule is O=C(C[C@H]1C=CCC1)NCc1cccc(C(=O)Nc2ccncc2)c1. The number of carbonyl (C=O) groups is 2. The molecule has 25 heavy (non-hydrogen) atoms. The molecule has 5 heteroatoms. The second-order valence-corrected chi connectivity index (χ2v) is 6.14. The lowest BCUT2D eigenvalue weighted by Gasteiger charge is -2.10. The average Bonchev–Trinajstić information content (AvgIpc) is 3.14. The van der Waals surface area contributed by atoms with Gasteiger partial charge in [0, 0.05) is 36.6 Å². The highest BCUT2D eigenvalue weighted by Crippen LogP contribution is 2.20. The summed E-state index contributed by atoms with van der Waals surface area (Å²) < 4.78 is 0. The summed E-state index contributed by atoms with van der Waals surface area (Å²) in [5.74, 6) is 0.219. The zero-order chi connectivity index (χ0) is 17.5. The highest BCUT2D eigenvalue weighted by atomic mass is 16.2. The molecular weight excluding hydrogens is 314 g/mol. The summed E-state index contributed by atoms with van der Waals surface area (Å²) in [5, 5.41) is 5.75. The number of hydrogen-bond donors (Lipinski definition) is 2. The van der Waals surface area contributed by atoms with E-state index in [0.29, 0.717) is 30.1 Å². The molecule has 2 amide bonds. The number of carbonyl (C=O) groups excluding carboxylic acids is 2. The zero-order valence-electron chi connectivity index (χ0n) is 13.9. The van der Waals surface area contributed by atoms with Crippen molar-refractivity contribution in [1.82, 2.24) is 10.3 Å². The molecule has 1 heterocycles. The quantitative estimate of drug-likeness (QED) is 0.796. The van der Waals surface area contributed by atoms with Crippen LogP contribution in [0.2, 0.25) is 0 Å². The van der Waals surface area contributed by atoms with Crippen LogP contribution in [-0.4, -0.2) is 16.8 Å². The summed E-state index contributed by atoms with van der Waals surface area (Å²) in [6.07, 6.45) is 10.1. The van der Waals surface area contributed by atoms with Crippen molar-refractivity contribution in [2.75, 3.05) is 5.32 Å². The summed E-state index contributed by atoms with van der Waals surface area (Å²) in [6.45, 7) is 0.422. The highest BCUT2D eigenvalue weighted by Gasteiger charge is 2.14. The fourth-order valence-corrected chi connectivity index (χ4v) is 2.84. The Hall–Kier alpha value is -2.95. The van der Waals surface area contributed by atoms with Crippen LogP contribution in [-0.2, 0) is 11.3 Å². The molecule has 5 nitrogen and oxygen atoms in total. The number of nitrogens with one attached hydrogen (secondary N) is 2. The van der Waals surface area contributed by atoms with Gasteiger partial charge in [-0.3, -0.25) is 14.6 Å². The Morgan fingerprint density at radius 1 is 1.16 bits per heavy atom. The van der Waals surface area contributed by atoms with Crippen molar-refractivity contribution >= 4 is 17.5 Å². The van der Waals surface area contributed by atoms with E-state index in [1.54, 1.807) is 36.7 Å². The molecule has 128 valence electrons. The molecule has 0 aliphatic heterocycles. The van der Waals surface area contributed by atoms with Crippen molar-refractivity contribution in [3.63, 3.8) is 0 Å². The standard InChI is InChI=1S/C20H21N3O2/c24-19(13-15-4-1-2-5-15)22-14-16-6-3-7-17(12-16)20(25)23-18-8-10-21-11-9-18/h1,3-4,6-12,15H,2,5,13-14H2,(H,22,24)(H,21,23,25)/t15-/m0/s1. The van der Waals surface area contributed by atoms with Crippen molar-refractivity contribution in [3.8, 4) is 0 Å². The number of hydrogen-bond acceptors (Lipinski definition) is 3. The molecular formula is C20H21N3O2. The van der Waals surface area contributed by atoms with E-state index in [0.717, 1.165) is 18.4 Å². The van der Waals surface area contributed by atoms with Crippen LogP contribution in [0.1, 0.15) is 35.2 Å². The molecule has 1 aliphatic rings. The van der Waals surface area contributed by atoms with Gasteiger partial charge in [0.15, 0.2) is 0 Å². The van der Waals surface area contributed by atoms with Crippen LogP contribution in [0, 0.1) is 5.92 Å². The smallest absolute Gasteiger partial charge is 0.255 e. The Kier molecular flexibility index (Phi) is 5.57. The van der Waals surface area contributed by atoms with E-state index in [4.69, 9.17) is 0 Å². The van der Waals surface area contributed by atoms with Crippen molar-refractivity contribution in [2.45, 2.75) is 25.8 Å². The number of benzene rings is 1. The monoisotopic (exact) mass is 335 g/mol. The van der Waals surface area contributed by atoms with Crippen molar-refractivity contribution < 1.29 is 9.59 Å².